The lowest BCUT2D eigenvalue weighted by Crippen LogP contribution is -1.91. The normalized spacial score (nSPS) is 11.3. The van der Waals surface area contributed by atoms with Crippen molar-refractivity contribution < 1.29 is 4.92 Å². The number of fused-ring (bicyclic) bond motifs is 5. The predicted molar refractivity (Wildman–Crippen MR) is 111 cm³/mol. The number of para-hydroxylation sites is 1. The SMILES string of the molecule is O=[N+]([O-])c1ccccc1-c1ccc2ccc3c4ccccc4ccc3c2c1. The first-order valence-corrected chi connectivity index (χ1v) is 8.80. The van der Waals surface area contributed by atoms with Crippen molar-refractivity contribution in [1.82, 2.24) is 0 Å². The van der Waals surface area contributed by atoms with Gasteiger partial charge in [-0.05, 0) is 50.0 Å². The molecule has 0 unspecified atom stereocenters. The van der Waals surface area contributed by atoms with Crippen LogP contribution in [0.5, 0.6) is 0 Å². The minimum Gasteiger partial charge on any atom is -0.258 e. The molecule has 0 fully saturated rings. The van der Waals surface area contributed by atoms with Crippen molar-refractivity contribution in [2.24, 2.45) is 0 Å². The largest absolute Gasteiger partial charge is 0.277 e. The van der Waals surface area contributed by atoms with Crippen molar-refractivity contribution in [1.29, 1.82) is 0 Å². The van der Waals surface area contributed by atoms with Gasteiger partial charge in [-0.1, -0.05) is 72.8 Å². The van der Waals surface area contributed by atoms with Gasteiger partial charge in [0.15, 0.2) is 0 Å². The number of benzene rings is 5. The average molecular weight is 349 g/mol. The Kier molecular flexibility index (Phi) is 3.41. The molecule has 3 nitrogen and oxygen atoms in total. The molecule has 0 aliphatic rings. The summed E-state index contributed by atoms with van der Waals surface area (Å²) in [6.45, 7) is 0. The van der Waals surface area contributed by atoms with E-state index in [1.807, 2.05) is 24.3 Å². The second-order valence-corrected chi connectivity index (χ2v) is 6.66. The van der Waals surface area contributed by atoms with Crippen LogP contribution in [0.3, 0.4) is 0 Å². The smallest absolute Gasteiger partial charge is 0.258 e. The zero-order valence-electron chi connectivity index (χ0n) is 14.4. The number of nitro benzene ring substituents is 1. The number of hydrogen-bond acceptors (Lipinski definition) is 2. The minimum absolute atomic E-state index is 0.127. The molecule has 5 aromatic carbocycles. The summed E-state index contributed by atoms with van der Waals surface area (Å²) >= 11 is 0. The van der Waals surface area contributed by atoms with Gasteiger partial charge in [0.25, 0.3) is 5.69 Å². The molecule has 0 saturated heterocycles. The van der Waals surface area contributed by atoms with Crippen LogP contribution in [0.1, 0.15) is 0 Å². The number of hydrogen-bond donors (Lipinski definition) is 0. The number of nitro groups is 1. The molecule has 5 aromatic rings. The number of nitrogens with zero attached hydrogens (tertiary/aromatic N) is 1. The van der Waals surface area contributed by atoms with Crippen LogP contribution in [0, 0.1) is 10.1 Å². The molecule has 0 saturated carbocycles. The van der Waals surface area contributed by atoms with Crippen LogP contribution >= 0.6 is 0 Å². The standard InChI is InChI=1S/C24H15NO2/c26-25(27)24-8-4-3-7-20(24)18-10-9-17-12-13-21-19-6-2-1-5-16(19)11-14-22(21)23(17)15-18/h1-15H. The maximum absolute atomic E-state index is 11.4. The average Bonchev–Trinajstić information content (AvgIpc) is 2.72. The molecule has 0 N–H and O–H groups in total. The summed E-state index contributed by atoms with van der Waals surface area (Å²) in [5.74, 6) is 0. The molecule has 3 heteroatoms. The van der Waals surface area contributed by atoms with E-state index in [1.54, 1.807) is 18.2 Å². The Morgan fingerprint density at radius 3 is 2.04 bits per heavy atom. The lowest BCUT2D eigenvalue weighted by Gasteiger charge is -2.10. The molecule has 0 amide bonds. The van der Waals surface area contributed by atoms with E-state index in [4.69, 9.17) is 0 Å². The lowest BCUT2D eigenvalue weighted by atomic mass is 9.94. The summed E-state index contributed by atoms with van der Waals surface area (Å²) in [5, 5.41) is 18.4. The molecule has 0 aromatic heterocycles. The monoisotopic (exact) mass is 349 g/mol. The highest BCUT2D eigenvalue weighted by molar-refractivity contribution is 6.17. The van der Waals surface area contributed by atoms with Gasteiger partial charge >= 0.3 is 0 Å². The summed E-state index contributed by atoms with van der Waals surface area (Å²) in [7, 11) is 0. The first kappa shape index (κ1) is 15.5. The Labute approximate surface area is 155 Å². The van der Waals surface area contributed by atoms with Crippen LogP contribution in [0.25, 0.3) is 43.4 Å². The van der Waals surface area contributed by atoms with Crippen molar-refractivity contribution >= 4 is 38.0 Å². The first-order chi connectivity index (χ1) is 13.2. The highest BCUT2D eigenvalue weighted by Crippen LogP contribution is 2.36. The van der Waals surface area contributed by atoms with Gasteiger partial charge < -0.3 is 0 Å². The van der Waals surface area contributed by atoms with E-state index in [-0.39, 0.29) is 10.6 Å². The summed E-state index contributed by atoms with van der Waals surface area (Å²) in [6.07, 6.45) is 0. The van der Waals surface area contributed by atoms with Crippen LogP contribution < -0.4 is 0 Å². The molecule has 0 bridgehead atoms. The topological polar surface area (TPSA) is 43.1 Å². The third kappa shape index (κ3) is 2.44. The van der Waals surface area contributed by atoms with Crippen molar-refractivity contribution in [2.45, 2.75) is 0 Å². The third-order valence-electron chi connectivity index (χ3n) is 5.16. The zero-order valence-corrected chi connectivity index (χ0v) is 14.4. The molecule has 0 spiro atoms. The molecule has 128 valence electrons. The zero-order chi connectivity index (χ0) is 18.4. The molecular formula is C24H15NO2. The van der Waals surface area contributed by atoms with Gasteiger partial charge in [-0.25, -0.2) is 0 Å². The first-order valence-electron chi connectivity index (χ1n) is 8.80. The Morgan fingerprint density at radius 1 is 0.593 bits per heavy atom. The van der Waals surface area contributed by atoms with E-state index in [0.717, 1.165) is 21.7 Å². The molecule has 5 rings (SSSR count). The fourth-order valence-electron chi connectivity index (χ4n) is 3.86. The molecule has 0 aliphatic carbocycles. The van der Waals surface area contributed by atoms with Gasteiger partial charge in [-0.2, -0.15) is 0 Å². The maximum Gasteiger partial charge on any atom is 0.277 e. The Morgan fingerprint density at radius 2 is 1.22 bits per heavy atom. The van der Waals surface area contributed by atoms with E-state index in [0.29, 0.717) is 5.56 Å². The van der Waals surface area contributed by atoms with Crippen molar-refractivity contribution in [3.8, 4) is 11.1 Å². The van der Waals surface area contributed by atoms with Gasteiger partial charge in [0.1, 0.15) is 0 Å². The van der Waals surface area contributed by atoms with Crippen LogP contribution in [0.4, 0.5) is 5.69 Å². The Bertz CT molecular complexity index is 1360. The number of rotatable bonds is 2. The summed E-state index contributed by atoms with van der Waals surface area (Å²) in [6, 6.07) is 29.8. The summed E-state index contributed by atoms with van der Waals surface area (Å²) in [4.78, 5) is 11.1. The van der Waals surface area contributed by atoms with Gasteiger partial charge in [-0.15, -0.1) is 0 Å². The van der Waals surface area contributed by atoms with Crippen LogP contribution in [0.2, 0.25) is 0 Å². The molecule has 27 heavy (non-hydrogen) atoms. The quantitative estimate of drug-likeness (QED) is 0.202. The van der Waals surface area contributed by atoms with Crippen LogP contribution in [-0.2, 0) is 0 Å². The van der Waals surface area contributed by atoms with E-state index in [1.165, 1.54) is 16.2 Å². The molecule has 0 heterocycles. The maximum atomic E-state index is 11.4. The fraction of sp³-hybridized carbons (Fsp3) is 0. The summed E-state index contributed by atoms with van der Waals surface area (Å²) in [5.41, 5.74) is 1.63. The molecular weight excluding hydrogens is 334 g/mol. The van der Waals surface area contributed by atoms with Crippen molar-refractivity contribution in [2.75, 3.05) is 0 Å². The van der Waals surface area contributed by atoms with Gasteiger partial charge in [-0.3, -0.25) is 10.1 Å². The van der Waals surface area contributed by atoms with E-state index < -0.39 is 0 Å². The molecule has 0 aliphatic heterocycles. The second kappa shape index (κ2) is 5.92. The lowest BCUT2D eigenvalue weighted by molar-refractivity contribution is -0.384. The fourth-order valence-corrected chi connectivity index (χ4v) is 3.86. The second-order valence-electron chi connectivity index (χ2n) is 6.66. The van der Waals surface area contributed by atoms with Gasteiger partial charge in [0, 0.05) is 6.07 Å². The Hall–Kier alpha value is -3.72. The highest BCUT2D eigenvalue weighted by atomic mass is 16.6. The molecule has 0 radical (unpaired) electrons. The van der Waals surface area contributed by atoms with Crippen molar-refractivity contribution in [3.05, 3.63) is 101 Å². The molecule has 0 atom stereocenters. The van der Waals surface area contributed by atoms with E-state index >= 15 is 0 Å². The van der Waals surface area contributed by atoms with Crippen LogP contribution in [0.15, 0.2) is 91.0 Å². The third-order valence-corrected chi connectivity index (χ3v) is 5.16. The minimum atomic E-state index is -0.323. The predicted octanol–water partition coefficient (Wildman–Crippen LogP) is 6.72. The van der Waals surface area contributed by atoms with Gasteiger partial charge in [0.05, 0.1) is 10.5 Å². The Balaban J connectivity index is 1.84. The van der Waals surface area contributed by atoms with Crippen molar-refractivity contribution in [3.63, 3.8) is 0 Å². The van der Waals surface area contributed by atoms with Crippen LogP contribution in [-0.4, -0.2) is 4.92 Å². The highest BCUT2D eigenvalue weighted by Gasteiger charge is 2.15. The van der Waals surface area contributed by atoms with Gasteiger partial charge in [0.2, 0.25) is 0 Å². The van der Waals surface area contributed by atoms with E-state index in [9.17, 15) is 10.1 Å². The van der Waals surface area contributed by atoms with E-state index in [2.05, 4.69) is 48.5 Å². The summed E-state index contributed by atoms with van der Waals surface area (Å²) < 4.78 is 0.